The van der Waals surface area contributed by atoms with Crippen LogP contribution in [-0.4, -0.2) is 20.2 Å². The molecule has 86 valence electrons. The van der Waals surface area contributed by atoms with Crippen molar-refractivity contribution in [1.29, 1.82) is 0 Å². The summed E-state index contributed by atoms with van der Waals surface area (Å²) in [6, 6.07) is 7.62. The number of rotatable bonds is 4. The van der Waals surface area contributed by atoms with E-state index >= 15 is 0 Å². The highest BCUT2D eigenvalue weighted by Gasteiger charge is 2.08. The Labute approximate surface area is 95.7 Å². The molecule has 0 aliphatic carbocycles. The van der Waals surface area contributed by atoms with Crippen molar-refractivity contribution in [3.8, 4) is 5.75 Å². The minimum atomic E-state index is -0.279. The highest BCUT2D eigenvalue weighted by atomic mass is 16.5. The molecule has 1 aromatic rings. The molecule has 3 heteroatoms. The minimum absolute atomic E-state index is 0.279. The van der Waals surface area contributed by atoms with Gasteiger partial charge in [-0.3, -0.25) is 0 Å². The van der Waals surface area contributed by atoms with Crippen molar-refractivity contribution in [2.24, 2.45) is 0 Å². The highest BCUT2D eigenvalue weighted by molar-refractivity contribution is 5.88. The van der Waals surface area contributed by atoms with Gasteiger partial charge in [0.25, 0.3) is 0 Å². The van der Waals surface area contributed by atoms with E-state index < -0.39 is 0 Å². The lowest BCUT2D eigenvalue weighted by Crippen LogP contribution is -2.07. The number of hydrogen-bond donors (Lipinski definition) is 0. The third-order valence-electron chi connectivity index (χ3n) is 2.35. The van der Waals surface area contributed by atoms with E-state index in [-0.39, 0.29) is 5.97 Å². The van der Waals surface area contributed by atoms with Crippen molar-refractivity contribution in [3.05, 3.63) is 41.5 Å². The summed E-state index contributed by atoms with van der Waals surface area (Å²) in [6.45, 7) is 1.83. The van der Waals surface area contributed by atoms with Gasteiger partial charge < -0.3 is 9.47 Å². The van der Waals surface area contributed by atoms with Crippen LogP contribution in [0.4, 0.5) is 0 Å². The smallest absolute Gasteiger partial charge is 0.333 e. The van der Waals surface area contributed by atoms with E-state index in [0.29, 0.717) is 12.0 Å². The minimum Gasteiger partial charge on any atom is -0.497 e. The van der Waals surface area contributed by atoms with Gasteiger partial charge in [-0.25, -0.2) is 4.79 Å². The number of methoxy groups -OCH3 is 2. The zero-order chi connectivity index (χ0) is 12.0. The Bertz CT molecular complexity index is 377. The second kappa shape index (κ2) is 5.95. The Morgan fingerprint density at radius 2 is 1.88 bits per heavy atom. The molecule has 0 heterocycles. The Balaban J connectivity index is 2.75. The van der Waals surface area contributed by atoms with Gasteiger partial charge in [0.05, 0.1) is 14.2 Å². The summed E-state index contributed by atoms with van der Waals surface area (Å²) in [6.07, 6.45) is 2.35. The molecule has 0 atom stereocenters. The molecule has 1 aromatic carbocycles. The summed E-state index contributed by atoms with van der Waals surface area (Å²) in [5.41, 5.74) is 1.71. The number of carbonyl (C=O) groups excluding carboxylic acids is 1. The first-order chi connectivity index (χ1) is 7.71. The molecule has 0 aliphatic rings. The monoisotopic (exact) mass is 220 g/mol. The second-order valence-electron chi connectivity index (χ2n) is 3.33. The molecule has 16 heavy (non-hydrogen) atoms. The van der Waals surface area contributed by atoms with Gasteiger partial charge in [-0.05, 0) is 24.6 Å². The van der Waals surface area contributed by atoms with E-state index in [9.17, 15) is 4.79 Å². The van der Waals surface area contributed by atoms with Gasteiger partial charge in [0, 0.05) is 12.0 Å². The zero-order valence-electron chi connectivity index (χ0n) is 9.82. The van der Waals surface area contributed by atoms with E-state index in [4.69, 9.17) is 4.74 Å². The van der Waals surface area contributed by atoms with Gasteiger partial charge in [0.1, 0.15) is 5.75 Å². The molecule has 0 unspecified atom stereocenters. The van der Waals surface area contributed by atoms with E-state index in [0.717, 1.165) is 11.3 Å². The molecule has 1 rings (SSSR count). The number of benzene rings is 1. The fourth-order valence-electron chi connectivity index (χ4n) is 1.39. The lowest BCUT2D eigenvalue weighted by molar-refractivity contribution is -0.136. The van der Waals surface area contributed by atoms with Crippen LogP contribution in [-0.2, 0) is 16.0 Å². The molecule has 0 saturated carbocycles. The SMILES string of the molecule is C/C=C(\Cc1ccc(OC)cc1)C(=O)OC. The predicted octanol–water partition coefficient (Wildman–Crippen LogP) is 2.36. The molecular weight excluding hydrogens is 204 g/mol. The van der Waals surface area contributed by atoms with Crippen LogP contribution in [0.15, 0.2) is 35.9 Å². The van der Waals surface area contributed by atoms with Gasteiger partial charge in [0.15, 0.2) is 0 Å². The maximum absolute atomic E-state index is 11.4. The lowest BCUT2D eigenvalue weighted by atomic mass is 10.1. The summed E-state index contributed by atoms with van der Waals surface area (Å²) in [5.74, 6) is 0.530. The number of esters is 1. The molecule has 0 radical (unpaired) electrons. The topological polar surface area (TPSA) is 35.5 Å². The average Bonchev–Trinajstić information content (AvgIpc) is 2.35. The summed E-state index contributed by atoms with van der Waals surface area (Å²) in [7, 11) is 3.01. The molecule has 0 bridgehead atoms. The quantitative estimate of drug-likeness (QED) is 0.577. The van der Waals surface area contributed by atoms with Gasteiger partial charge in [0.2, 0.25) is 0 Å². The van der Waals surface area contributed by atoms with Crippen LogP contribution >= 0.6 is 0 Å². The number of allylic oxidation sites excluding steroid dienone is 1. The van der Waals surface area contributed by atoms with Gasteiger partial charge >= 0.3 is 5.97 Å². The maximum Gasteiger partial charge on any atom is 0.333 e. The first-order valence-electron chi connectivity index (χ1n) is 5.07. The molecule has 0 fully saturated rings. The van der Waals surface area contributed by atoms with Crippen molar-refractivity contribution in [3.63, 3.8) is 0 Å². The normalized spacial score (nSPS) is 11.1. The first-order valence-corrected chi connectivity index (χ1v) is 5.07. The Morgan fingerprint density at radius 1 is 1.25 bits per heavy atom. The van der Waals surface area contributed by atoms with Gasteiger partial charge in [-0.15, -0.1) is 0 Å². The van der Waals surface area contributed by atoms with Crippen LogP contribution in [0.2, 0.25) is 0 Å². The first kappa shape index (κ1) is 12.3. The summed E-state index contributed by atoms with van der Waals surface area (Å²) in [4.78, 5) is 11.4. The Kier molecular flexibility index (Phi) is 4.58. The zero-order valence-corrected chi connectivity index (χ0v) is 9.82. The predicted molar refractivity (Wildman–Crippen MR) is 62.5 cm³/mol. The van der Waals surface area contributed by atoms with Crippen molar-refractivity contribution < 1.29 is 14.3 Å². The van der Waals surface area contributed by atoms with E-state index in [1.54, 1.807) is 13.2 Å². The van der Waals surface area contributed by atoms with Crippen LogP contribution in [0.25, 0.3) is 0 Å². The number of hydrogen-bond acceptors (Lipinski definition) is 3. The molecule has 0 spiro atoms. The van der Waals surface area contributed by atoms with Crippen LogP contribution in [0.3, 0.4) is 0 Å². The van der Waals surface area contributed by atoms with Crippen molar-refractivity contribution in [1.82, 2.24) is 0 Å². The number of ether oxygens (including phenoxy) is 2. The molecule has 0 aliphatic heterocycles. The highest BCUT2D eigenvalue weighted by Crippen LogP contribution is 2.14. The molecule has 0 saturated heterocycles. The standard InChI is InChI=1S/C13H16O3/c1-4-11(13(14)16-3)9-10-5-7-12(15-2)8-6-10/h4-8H,9H2,1-3H3/b11-4+. The Morgan fingerprint density at radius 3 is 2.31 bits per heavy atom. The Hall–Kier alpha value is -1.77. The van der Waals surface area contributed by atoms with E-state index in [1.165, 1.54) is 7.11 Å². The molecule has 3 nitrogen and oxygen atoms in total. The molecule has 0 amide bonds. The number of carbonyl (C=O) groups is 1. The summed E-state index contributed by atoms with van der Waals surface area (Å²) >= 11 is 0. The second-order valence-corrected chi connectivity index (χ2v) is 3.33. The van der Waals surface area contributed by atoms with Crippen LogP contribution in [0, 0.1) is 0 Å². The molecule has 0 N–H and O–H groups in total. The van der Waals surface area contributed by atoms with Gasteiger partial charge in [-0.1, -0.05) is 18.2 Å². The summed E-state index contributed by atoms with van der Waals surface area (Å²) in [5, 5.41) is 0. The molecule has 0 aromatic heterocycles. The third-order valence-corrected chi connectivity index (χ3v) is 2.35. The molecular formula is C13H16O3. The van der Waals surface area contributed by atoms with Crippen molar-refractivity contribution >= 4 is 5.97 Å². The van der Waals surface area contributed by atoms with Crippen LogP contribution in [0.1, 0.15) is 12.5 Å². The fourth-order valence-corrected chi connectivity index (χ4v) is 1.39. The van der Waals surface area contributed by atoms with Gasteiger partial charge in [-0.2, -0.15) is 0 Å². The lowest BCUT2D eigenvalue weighted by Gasteiger charge is -2.06. The average molecular weight is 220 g/mol. The van der Waals surface area contributed by atoms with E-state index in [1.807, 2.05) is 31.2 Å². The van der Waals surface area contributed by atoms with Crippen molar-refractivity contribution in [2.75, 3.05) is 14.2 Å². The third kappa shape index (κ3) is 3.12. The maximum atomic E-state index is 11.4. The van der Waals surface area contributed by atoms with Crippen LogP contribution < -0.4 is 4.74 Å². The summed E-state index contributed by atoms with van der Waals surface area (Å²) < 4.78 is 9.75. The largest absolute Gasteiger partial charge is 0.497 e. The van der Waals surface area contributed by atoms with Crippen molar-refractivity contribution in [2.45, 2.75) is 13.3 Å². The van der Waals surface area contributed by atoms with E-state index in [2.05, 4.69) is 4.74 Å². The van der Waals surface area contributed by atoms with Crippen LogP contribution in [0.5, 0.6) is 5.75 Å². The fraction of sp³-hybridized carbons (Fsp3) is 0.308.